The zero-order valence-corrected chi connectivity index (χ0v) is 16.9. The number of imide groups is 1. The highest BCUT2D eigenvalue weighted by molar-refractivity contribution is 8.04. The molecule has 5 heteroatoms. The van der Waals surface area contributed by atoms with Gasteiger partial charge in [-0.15, -0.1) is 11.8 Å². The molecule has 4 nitrogen and oxygen atoms in total. The van der Waals surface area contributed by atoms with Crippen molar-refractivity contribution in [3.05, 3.63) is 64.1 Å². The number of aryl methyl sites for hydroxylation is 2. The Morgan fingerprint density at radius 2 is 1.67 bits per heavy atom. The highest BCUT2D eigenvalue weighted by atomic mass is 32.2. The largest absolute Gasteiger partial charge is 0.494 e. The summed E-state index contributed by atoms with van der Waals surface area (Å²) >= 11 is 1.41. The summed E-state index contributed by atoms with van der Waals surface area (Å²) in [6.45, 7) is 8.39. The SMILES string of the molecule is CCOc1ccc(C2=C(SCC)C(=O)N(c3ccc(C)cc3C)C2=O)cc1. The first-order chi connectivity index (χ1) is 13.0. The number of ether oxygens (including phenoxy) is 1. The first-order valence-corrected chi connectivity index (χ1v) is 10.0. The molecule has 27 heavy (non-hydrogen) atoms. The lowest BCUT2D eigenvalue weighted by Gasteiger charge is -2.18. The van der Waals surface area contributed by atoms with Crippen molar-refractivity contribution in [2.45, 2.75) is 27.7 Å². The van der Waals surface area contributed by atoms with Gasteiger partial charge in [0.2, 0.25) is 0 Å². The summed E-state index contributed by atoms with van der Waals surface area (Å²) in [5, 5.41) is 0. The van der Waals surface area contributed by atoms with Crippen LogP contribution in [-0.2, 0) is 9.59 Å². The maximum atomic E-state index is 13.3. The molecule has 2 aromatic rings. The Labute approximate surface area is 164 Å². The van der Waals surface area contributed by atoms with Crippen LogP contribution in [0.15, 0.2) is 47.4 Å². The molecule has 0 atom stereocenters. The fourth-order valence-electron chi connectivity index (χ4n) is 3.20. The van der Waals surface area contributed by atoms with E-state index < -0.39 is 0 Å². The van der Waals surface area contributed by atoms with E-state index in [9.17, 15) is 9.59 Å². The minimum absolute atomic E-state index is 0.248. The second-order valence-electron chi connectivity index (χ2n) is 6.33. The first-order valence-electron chi connectivity index (χ1n) is 9.04. The van der Waals surface area contributed by atoms with Crippen molar-refractivity contribution in [1.82, 2.24) is 0 Å². The summed E-state index contributed by atoms with van der Waals surface area (Å²) in [6, 6.07) is 13.1. The van der Waals surface area contributed by atoms with E-state index in [2.05, 4.69) is 0 Å². The van der Waals surface area contributed by atoms with Gasteiger partial charge in [0.25, 0.3) is 11.8 Å². The number of carbonyl (C=O) groups excluding carboxylic acids is 2. The van der Waals surface area contributed by atoms with Crippen LogP contribution in [0.2, 0.25) is 0 Å². The molecule has 1 heterocycles. The van der Waals surface area contributed by atoms with Crippen LogP contribution < -0.4 is 9.64 Å². The third kappa shape index (κ3) is 3.65. The van der Waals surface area contributed by atoms with Gasteiger partial charge in [0.15, 0.2) is 0 Å². The van der Waals surface area contributed by atoms with Gasteiger partial charge >= 0.3 is 0 Å². The van der Waals surface area contributed by atoms with Crippen molar-refractivity contribution in [3.8, 4) is 5.75 Å². The predicted octanol–water partition coefficient (Wildman–Crippen LogP) is 4.74. The molecular weight excluding hydrogens is 358 g/mol. The van der Waals surface area contributed by atoms with Gasteiger partial charge in [0.1, 0.15) is 5.75 Å². The fourth-order valence-corrected chi connectivity index (χ4v) is 4.05. The van der Waals surface area contributed by atoms with Crippen LogP contribution in [-0.4, -0.2) is 24.2 Å². The standard InChI is InChI=1S/C22H23NO3S/c1-5-26-17-10-8-16(9-11-17)19-20(27-6-2)22(25)23(21(19)24)18-12-7-14(3)13-15(18)4/h7-13H,5-6H2,1-4H3. The van der Waals surface area contributed by atoms with Crippen LogP contribution in [0.4, 0.5) is 5.69 Å². The summed E-state index contributed by atoms with van der Waals surface area (Å²) in [6.07, 6.45) is 0. The average molecular weight is 381 g/mol. The molecule has 2 aromatic carbocycles. The molecule has 0 saturated heterocycles. The van der Waals surface area contributed by atoms with Crippen LogP contribution in [0.3, 0.4) is 0 Å². The number of carbonyl (C=O) groups is 2. The number of thioether (sulfide) groups is 1. The molecule has 0 spiro atoms. The third-order valence-electron chi connectivity index (χ3n) is 4.38. The zero-order chi connectivity index (χ0) is 19.6. The molecule has 0 aromatic heterocycles. The van der Waals surface area contributed by atoms with Crippen LogP contribution in [0.5, 0.6) is 5.75 Å². The highest BCUT2D eigenvalue weighted by Crippen LogP contribution is 2.39. The molecule has 0 fully saturated rings. The Morgan fingerprint density at radius 1 is 0.963 bits per heavy atom. The number of hydrogen-bond acceptors (Lipinski definition) is 4. The summed E-state index contributed by atoms with van der Waals surface area (Å²) in [5.41, 5.74) is 3.85. The first kappa shape index (κ1) is 19.2. The average Bonchev–Trinajstić information content (AvgIpc) is 2.87. The van der Waals surface area contributed by atoms with Crippen LogP contribution in [0.25, 0.3) is 5.57 Å². The Morgan fingerprint density at radius 3 is 2.26 bits per heavy atom. The van der Waals surface area contributed by atoms with E-state index in [4.69, 9.17) is 4.74 Å². The molecule has 0 bridgehead atoms. The molecule has 0 N–H and O–H groups in total. The second-order valence-corrected chi connectivity index (χ2v) is 7.60. The Kier molecular flexibility index (Phi) is 5.71. The molecule has 3 rings (SSSR count). The lowest BCUT2D eigenvalue weighted by atomic mass is 10.1. The van der Waals surface area contributed by atoms with Gasteiger partial charge in [-0.2, -0.15) is 0 Å². The lowest BCUT2D eigenvalue weighted by molar-refractivity contribution is -0.119. The van der Waals surface area contributed by atoms with Crippen LogP contribution in [0.1, 0.15) is 30.5 Å². The summed E-state index contributed by atoms with van der Waals surface area (Å²) < 4.78 is 5.48. The second kappa shape index (κ2) is 8.01. The van der Waals surface area contributed by atoms with E-state index in [-0.39, 0.29) is 11.8 Å². The third-order valence-corrected chi connectivity index (χ3v) is 5.33. The zero-order valence-electron chi connectivity index (χ0n) is 16.0. The Balaban J connectivity index is 2.05. The molecule has 1 aliphatic rings. The van der Waals surface area contributed by atoms with Gasteiger partial charge in [-0.3, -0.25) is 9.59 Å². The smallest absolute Gasteiger partial charge is 0.272 e. The predicted molar refractivity (Wildman–Crippen MR) is 111 cm³/mol. The maximum Gasteiger partial charge on any atom is 0.272 e. The number of hydrogen-bond donors (Lipinski definition) is 0. The van der Waals surface area contributed by atoms with E-state index >= 15 is 0 Å². The van der Waals surface area contributed by atoms with Crippen LogP contribution in [0, 0.1) is 13.8 Å². The number of amides is 2. The minimum atomic E-state index is -0.271. The Hall–Kier alpha value is -2.53. The van der Waals surface area contributed by atoms with E-state index in [1.165, 1.54) is 16.7 Å². The maximum absolute atomic E-state index is 13.3. The number of benzene rings is 2. The van der Waals surface area contributed by atoms with Gasteiger partial charge < -0.3 is 4.74 Å². The number of nitrogens with zero attached hydrogens (tertiary/aromatic N) is 1. The van der Waals surface area contributed by atoms with Crippen molar-refractivity contribution < 1.29 is 14.3 Å². The normalized spacial score (nSPS) is 14.3. The summed E-state index contributed by atoms with van der Waals surface area (Å²) in [5.74, 6) is 0.944. The van der Waals surface area contributed by atoms with Crippen molar-refractivity contribution in [1.29, 1.82) is 0 Å². The van der Waals surface area contributed by atoms with Crippen LogP contribution >= 0.6 is 11.8 Å². The quantitative estimate of drug-likeness (QED) is 0.678. The van der Waals surface area contributed by atoms with Crippen molar-refractivity contribution in [2.24, 2.45) is 0 Å². The summed E-state index contributed by atoms with van der Waals surface area (Å²) in [4.78, 5) is 28.2. The molecule has 0 radical (unpaired) electrons. The van der Waals surface area contributed by atoms with Crippen molar-refractivity contribution >= 4 is 34.8 Å². The lowest BCUT2D eigenvalue weighted by Crippen LogP contribution is -2.32. The molecule has 0 aliphatic carbocycles. The number of anilines is 1. The molecule has 0 unspecified atom stereocenters. The van der Waals surface area contributed by atoms with Gasteiger partial charge in [-0.05, 0) is 55.9 Å². The fraction of sp³-hybridized carbons (Fsp3) is 0.273. The van der Waals surface area contributed by atoms with Gasteiger partial charge in [-0.25, -0.2) is 4.90 Å². The molecule has 2 amide bonds. The van der Waals surface area contributed by atoms with E-state index in [0.717, 1.165) is 28.2 Å². The minimum Gasteiger partial charge on any atom is -0.494 e. The van der Waals surface area contributed by atoms with Gasteiger partial charge in [-0.1, -0.05) is 36.8 Å². The topological polar surface area (TPSA) is 46.6 Å². The molecule has 0 saturated carbocycles. The number of rotatable bonds is 6. The Bertz CT molecular complexity index is 916. The van der Waals surface area contributed by atoms with Crippen molar-refractivity contribution in [2.75, 3.05) is 17.3 Å². The molecule has 140 valence electrons. The molecular formula is C22H23NO3S. The van der Waals surface area contributed by atoms with Gasteiger partial charge in [0, 0.05) is 0 Å². The molecule has 1 aliphatic heterocycles. The summed E-state index contributed by atoms with van der Waals surface area (Å²) in [7, 11) is 0. The van der Waals surface area contributed by atoms with Gasteiger partial charge in [0.05, 0.1) is 22.8 Å². The van der Waals surface area contributed by atoms with E-state index in [1.807, 2.05) is 70.2 Å². The van der Waals surface area contributed by atoms with E-state index in [1.54, 1.807) is 0 Å². The monoisotopic (exact) mass is 381 g/mol. The highest BCUT2D eigenvalue weighted by Gasteiger charge is 2.40. The van der Waals surface area contributed by atoms with Crippen molar-refractivity contribution in [3.63, 3.8) is 0 Å². The van der Waals surface area contributed by atoms with E-state index in [0.29, 0.717) is 22.8 Å².